The van der Waals surface area contributed by atoms with Gasteiger partial charge in [0.25, 0.3) is 0 Å². The standard InChI is InChI=1S/C18H24ClN5/c1-14-4-6-16(7-5-14)13-24-18(19)17(15(2)21-24)12-20-23-10-8-22(3)9-11-23/h4-7,12H,8-11,13H2,1-3H3/b20-12-. The van der Waals surface area contributed by atoms with Gasteiger partial charge in [-0.2, -0.15) is 10.2 Å². The van der Waals surface area contributed by atoms with E-state index in [2.05, 4.69) is 58.3 Å². The van der Waals surface area contributed by atoms with Gasteiger partial charge < -0.3 is 4.90 Å². The first-order valence-electron chi connectivity index (χ1n) is 8.29. The number of piperazine rings is 1. The van der Waals surface area contributed by atoms with Crippen LogP contribution in [0, 0.1) is 13.8 Å². The summed E-state index contributed by atoms with van der Waals surface area (Å²) >= 11 is 6.53. The zero-order valence-corrected chi connectivity index (χ0v) is 15.3. The third-order valence-electron chi connectivity index (χ3n) is 4.39. The minimum absolute atomic E-state index is 0.644. The summed E-state index contributed by atoms with van der Waals surface area (Å²) in [5.41, 5.74) is 4.25. The number of halogens is 1. The van der Waals surface area contributed by atoms with Crippen LogP contribution in [0.1, 0.15) is 22.4 Å². The highest BCUT2D eigenvalue weighted by atomic mass is 35.5. The van der Waals surface area contributed by atoms with Crippen LogP contribution in [0.25, 0.3) is 0 Å². The second-order valence-corrected chi connectivity index (χ2v) is 6.79. The van der Waals surface area contributed by atoms with Gasteiger partial charge in [-0.3, -0.25) is 5.01 Å². The van der Waals surface area contributed by atoms with E-state index in [9.17, 15) is 0 Å². The number of hydrogen-bond acceptors (Lipinski definition) is 4. The summed E-state index contributed by atoms with van der Waals surface area (Å²) in [6, 6.07) is 8.44. The maximum absolute atomic E-state index is 6.53. The van der Waals surface area contributed by atoms with Gasteiger partial charge in [-0.05, 0) is 26.5 Å². The zero-order chi connectivity index (χ0) is 17.1. The van der Waals surface area contributed by atoms with E-state index in [0.717, 1.165) is 37.4 Å². The van der Waals surface area contributed by atoms with Crippen LogP contribution in [0.3, 0.4) is 0 Å². The molecule has 1 aromatic carbocycles. The molecule has 0 radical (unpaired) electrons. The molecule has 0 N–H and O–H groups in total. The van der Waals surface area contributed by atoms with Crippen LogP contribution in [0.4, 0.5) is 0 Å². The minimum Gasteiger partial charge on any atom is -0.303 e. The Morgan fingerprint density at radius 3 is 2.46 bits per heavy atom. The van der Waals surface area contributed by atoms with Gasteiger partial charge in [0.2, 0.25) is 0 Å². The third-order valence-corrected chi connectivity index (χ3v) is 4.79. The molecule has 0 bridgehead atoms. The summed E-state index contributed by atoms with van der Waals surface area (Å²) in [5.74, 6) is 0. The van der Waals surface area contributed by atoms with Crippen LogP contribution in [-0.2, 0) is 6.54 Å². The van der Waals surface area contributed by atoms with Crippen LogP contribution in [0.2, 0.25) is 5.15 Å². The number of benzene rings is 1. The lowest BCUT2D eigenvalue weighted by Crippen LogP contribution is -2.41. The number of hydrazone groups is 1. The Balaban J connectivity index is 1.73. The van der Waals surface area contributed by atoms with Crippen molar-refractivity contribution in [3.05, 3.63) is 51.8 Å². The van der Waals surface area contributed by atoms with E-state index in [-0.39, 0.29) is 0 Å². The first-order valence-corrected chi connectivity index (χ1v) is 8.66. The van der Waals surface area contributed by atoms with Crippen molar-refractivity contribution in [1.29, 1.82) is 0 Å². The third kappa shape index (κ3) is 3.97. The molecule has 3 rings (SSSR count). The summed E-state index contributed by atoms with van der Waals surface area (Å²) < 4.78 is 1.84. The van der Waals surface area contributed by atoms with E-state index in [4.69, 9.17) is 11.6 Å². The topological polar surface area (TPSA) is 36.7 Å². The van der Waals surface area contributed by atoms with E-state index in [1.807, 2.05) is 17.8 Å². The molecule has 0 amide bonds. The van der Waals surface area contributed by atoms with Gasteiger partial charge in [0.05, 0.1) is 24.0 Å². The molecule has 1 aromatic heterocycles. The molecule has 24 heavy (non-hydrogen) atoms. The molecule has 0 atom stereocenters. The highest BCUT2D eigenvalue weighted by Gasteiger charge is 2.14. The molecule has 6 heteroatoms. The van der Waals surface area contributed by atoms with Crippen LogP contribution < -0.4 is 0 Å². The fraction of sp³-hybridized carbons (Fsp3) is 0.444. The van der Waals surface area contributed by atoms with E-state index in [1.165, 1.54) is 11.1 Å². The van der Waals surface area contributed by atoms with E-state index in [1.54, 1.807) is 0 Å². The predicted octanol–water partition coefficient (Wildman–Crippen LogP) is 2.78. The lowest BCUT2D eigenvalue weighted by atomic mass is 10.1. The molecule has 0 spiro atoms. The molecular weight excluding hydrogens is 322 g/mol. The summed E-state index contributed by atoms with van der Waals surface area (Å²) in [6.07, 6.45) is 1.85. The van der Waals surface area contributed by atoms with Gasteiger partial charge in [-0.1, -0.05) is 41.4 Å². The molecule has 0 aliphatic carbocycles. The highest BCUT2D eigenvalue weighted by Crippen LogP contribution is 2.19. The number of aromatic nitrogens is 2. The molecule has 5 nitrogen and oxygen atoms in total. The summed E-state index contributed by atoms with van der Waals surface area (Å²) in [7, 11) is 2.14. The predicted molar refractivity (Wildman–Crippen MR) is 98.9 cm³/mol. The molecule has 1 aliphatic heterocycles. The Morgan fingerprint density at radius 2 is 1.79 bits per heavy atom. The average molecular weight is 346 g/mol. The van der Waals surface area contributed by atoms with Crippen LogP contribution in [-0.4, -0.2) is 59.1 Å². The second kappa shape index (κ2) is 7.36. The van der Waals surface area contributed by atoms with Crippen LogP contribution in [0.15, 0.2) is 29.4 Å². The molecule has 0 saturated carbocycles. The Labute approximate surface area is 148 Å². The highest BCUT2D eigenvalue weighted by molar-refractivity contribution is 6.32. The molecule has 2 aromatic rings. The fourth-order valence-corrected chi connectivity index (χ4v) is 3.02. The van der Waals surface area contributed by atoms with Crippen LogP contribution in [0.5, 0.6) is 0 Å². The summed E-state index contributed by atoms with van der Waals surface area (Å²) in [6.45, 7) is 8.70. The number of aryl methyl sites for hydroxylation is 2. The molecule has 1 fully saturated rings. The minimum atomic E-state index is 0.644. The average Bonchev–Trinajstić information content (AvgIpc) is 2.83. The van der Waals surface area contributed by atoms with Gasteiger partial charge in [-0.25, -0.2) is 4.68 Å². The quantitative estimate of drug-likeness (QED) is 0.799. The normalized spacial score (nSPS) is 16.2. The maximum atomic E-state index is 6.53. The van der Waals surface area contributed by atoms with Crippen LogP contribution >= 0.6 is 11.6 Å². The monoisotopic (exact) mass is 345 g/mol. The van der Waals surface area contributed by atoms with Crippen molar-refractivity contribution in [3.8, 4) is 0 Å². The smallest absolute Gasteiger partial charge is 0.136 e. The molecule has 0 unspecified atom stereocenters. The van der Waals surface area contributed by atoms with Crippen molar-refractivity contribution in [2.75, 3.05) is 33.2 Å². The van der Waals surface area contributed by atoms with Crippen molar-refractivity contribution in [1.82, 2.24) is 19.7 Å². The summed E-state index contributed by atoms with van der Waals surface area (Å²) in [5, 5.41) is 11.9. The second-order valence-electron chi connectivity index (χ2n) is 6.43. The fourth-order valence-electron chi connectivity index (χ4n) is 2.74. The van der Waals surface area contributed by atoms with Gasteiger partial charge in [0.15, 0.2) is 0 Å². The van der Waals surface area contributed by atoms with E-state index in [0.29, 0.717) is 11.7 Å². The Bertz CT molecular complexity index is 712. The van der Waals surface area contributed by atoms with Crippen molar-refractivity contribution in [3.63, 3.8) is 0 Å². The largest absolute Gasteiger partial charge is 0.303 e. The Kier molecular flexibility index (Phi) is 5.21. The zero-order valence-electron chi connectivity index (χ0n) is 14.5. The molecule has 2 heterocycles. The lowest BCUT2D eigenvalue weighted by Gasteiger charge is -2.30. The molecule has 1 aliphatic rings. The van der Waals surface area contributed by atoms with Crippen molar-refractivity contribution in [2.24, 2.45) is 5.10 Å². The first kappa shape index (κ1) is 17.0. The Morgan fingerprint density at radius 1 is 1.12 bits per heavy atom. The van der Waals surface area contributed by atoms with Gasteiger partial charge in [0, 0.05) is 26.2 Å². The van der Waals surface area contributed by atoms with Gasteiger partial charge >= 0.3 is 0 Å². The SMILES string of the molecule is Cc1ccc(Cn2nc(C)c(/C=N\N3CCN(C)CC3)c2Cl)cc1. The molecule has 1 saturated heterocycles. The number of rotatable bonds is 4. The number of likely N-dealkylation sites (N-methyl/N-ethyl adjacent to an activating group) is 1. The Hall–Kier alpha value is -1.85. The maximum Gasteiger partial charge on any atom is 0.136 e. The van der Waals surface area contributed by atoms with E-state index < -0.39 is 0 Å². The van der Waals surface area contributed by atoms with Crippen molar-refractivity contribution in [2.45, 2.75) is 20.4 Å². The first-order chi connectivity index (χ1) is 11.5. The van der Waals surface area contributed by atoms with E-state index >= 15 is 0 Å². The molecular formula is C18H24ClN5. The van der Waals surface area contributed by atoms with Crippen molar-refractivity contribution >= 4 is 17.8 Å². The lowest BCUT2D eigenvalue weighted by molar-refractivity contribution is 0.159. The summed E-state index contributed by atoms with van der Waals surface area (Å²) in [4.78, 5) is 2.31. The molecule has 128 valence electrons. The van der Waals surface area contributed by atoms with Crippen molar-refractivity contribution < 1.29 is 0 Å². The number of nitrogens with zero attached hydrogens (tertiary/aromatic N) is 5. The number of hydrogen-bond donors (Lipinski definition) is 0. The van der Waals surface area contributed by atoms with Gasteiger partial charge in [-0.15, -0.1) is 0 Å². The van der Waals surface area contributed by atoms with Gasteiger partial charge in [0.1, 0.15) is 5.15 Å².